The molecule has 0 radical (unpaired) electrons. The van der Waals surface area contributed by atoms with Crippen LogP contribution in [0.3, 0.4) is 0 Å². The Morgan fingerprint density at radius 1 is 1.06 bits per heavy atom. The molecule has 0 bridgehead atoms. The number of carboxylic acid groups (broad SMARTS) is 1. The highest BCUT2D eigenvalue weighted by molar-refractivity contribution is 6.02. The summed E-state index contributed by atoms with van der Waals surface area (Å²) in [6.07, 6.45) is 1.03. The third-order valence-electron chi connectivity index (χ3n) is 5.62. The summed E-state index contributed by atoms with van der Waals surface area (Å²) in [5.74, 6) is -1.88. The maximum absolute atomic E-state index is 13.8. The number of ether oxygens (including phenoxy) is 2. The topological polar surface area (TPSA) is 102 Å². The quantitative estimate of drug-likeness (QED) is 0.542. The van der Waals surface area contributed by atoms with Crippen molar-refractivity contribution >= 4 is 17.6 Å². The fraction of sp³-hybridized carbons (Fsp3) is 0.231. The number of para-hydroxylation sites is 2. The van der Waals surface area contributed by atoms with Crippen LogP contribution in [-0.4, -0.2) is 29.3 Å². The second-order valence-corrected chi connectivity index (χ2v) is 7.86. The first-order valence-electron chi connectivity index (χ1n) is 10.9. The minimum absolute atomic E-state index is 0.164. The van der Waals surface area contributed by atoms with E-state index < -0.39 is 11.8 Å². The molecule has 1 aliphatic rings. The normalized spacial score (nSPS) is 17.3. The molecule has 33 heavy (non-hydrogen) atoms. The van der Waals surface area contributed by atoms with Crippen LogP contribution in [0.2, 0.25) is 0 Å². The van der Waals surface area contributed by atoms with E-state index in [-0.39, 0.29) is 24.4 Å². The number of fused-ring (bicyclic) bond motifs is 1. The van der Waals surface area contributed by atoms with Gasteiger partial charge in [0.1, 0.15) is 11.5 Å². The summed E-state index contributed by atoms with van der Waals surface area (Å²) >= 11 is 0. The molecule has 0 aliphatic carbocycles. The number of nitrogens with two attached hydrogens (primary N) is 1. The van der Waals surface area contributed by atoms with E-state index in [4.69, 9.17) is 15.2 Å². The van der Waals surface area contributed by atoms with Gasteiger partial charge < -0.3 is 20.3 Å². The predicted octanol–water partition coefficient (Wildman–Crippen LogP) is 4.00. The van der Waals surface area contributed by atoms with E-state index in [0.29, 0.717) is 29.3 Å². The lowest BCUT2D eigenvalue weighted by Gasteiger charge is -2.41. The molecule has 3 N–H and O–H groups in total. The van der Waals surface area contributed by atoms with Crippen LogP contribution in [-0.2, 0) is 17.8 Å². The van der Waals surface area contributed by atoms with Crippen molar-refractivity contribution in [2.75, 3.05) is 11.4 Å². The minimum Gasteiger partial charge on any atom is -0.478 e. The predicted molar refractivity (Wildman–Crippen MR) is 125 cm³/mol. The molecule has 0 fully saturated rings. The number of carboxylic acids is 1. The fourth-order valence-electron chi connectivity index (χ4n) is 3.89. The Kier molecular flexibility index (Phi) is 6.33. The largest absolute Gasteiger partial charge is 0.478 e. The molecule has 0 saturated carbocycles. The number of rotatable bonds is 8. The number of benzene rings is 3. The van der Waals surface area contributed by atoms with Gasteiger partial charge in [-0.05, 0) is 60.5 Å². The highest BCUT2D eigenvalue weighted by atomic mass is 16.7. The van der Waals surface area contributed by atoms with Gasteiger partial charge in [-0.1, -0.05) is 43.3 Å². The first kappa shape index (κ1) is 22.4. The molecule has 7 heteroatoms. The van der Waals surface area contributed by atoms with Gasteiger partial charge in [0.05, 0.1) is 17.8 Å². The van der Waals surface area contributed by atoms with Crippen LogP contribution >= 0.6 is 0 Å². The van der Waals surface area contributed by atoms with Crippen molar-refractivity contribution in [2.45, 2.75) is 32.1 Å². The standard InChI is InChI=1S/C26H26N2O5/c1-2-26(32-21-12-10-18(11-13-21)14-15-27)25(31)28(22-8-3-4-9-23(22)33-26)17-19-6-5-7-20(16-19)24(29)30/h3-13,16H,2,14-15,17,27H2,1H3,(H,29,30). The third kappa shape index (κ3) is 4.54. The zero-order valence-corrected chi connectivity index (χ0v) is 18.4. The van der Waals surface area contributed by atoms with Gasteiger partial charge in [-0.15, -0.1) is 0 Å². The van der Waals surface area contributed by atoms with Gasteiger partial charge in [0.25, 0.3) is 0 Å². The molecule has 0 saturated heterocycles. The van der Waals surface area contributed by atoms with E-state index in [1.54, 1.807) is 47.4 Å². The summed E-state index contributed by atoms with van der Waals surface area (Å²) in [5, 5.41) is 9.34. The molecule has 170 valence electrons. The minimum atomic E-state index is -1.55. The van der Waals surface area contributed by atoms with Crippen molar-refractivity contribution in [1.82, 2.24) is 0 Å². The first-order valence-corrected chi connectivity index (χ1v) is 10.9. The Morgan fingerprint density at radius 3 is 2.52 bits per heavy atom. The first-order chi connectivity index (χ1) is 16.0. The van der Waals surface area contributed by atoms with Crippen molar-refractivity contribution in [2.24, 2.45) is 5.73 Å². The van der Waals surface area contributed by atoms with Crippen LogP contribution in [0.1, 0.15) is 34.8 Å². The maximum Gasteiger partial charge on any atom is 0.335 e. The highest BCUT2D eigenvalue weighted by Crippen LogP contribution is 2.40. The molecule has 3 aromatic rings. The smallest absolute Gasteiger partial charge is 0.335 e. The monoisotopic (exact) mass is 446 g/mol. The van der Waals surface area contributed by atoms with Crippen LogP contribution in [0.5, 0.6) is 11.5 Å². The van der Waals surface area contributed by atoms with Crippen LogP contribution in [0.15, 0.2) is 72.8 Å². The molecule has 4 rings (SSSR count). The SMILES string of the molecule is CCC1(Oc2ccc(CCN)cc2)Oc2ccccc2N(Cc2cccc(C(=O)O)c2)C1=O. The number of carbonyl (C=O) groups is 2. The Bertz CT molecular complexity index is 1160. The average Bonchev–Trinajstić information content (AvgIpc) is 2.83. The van der Waals surface area contributed by atoms with E-state index in [0.717, 1.165) is 12.0 Å². The van der Waals surface area contributed by atoms with Crippen molar-refractivity contribution in [3.8, 4) is 11.5 Å². The summed E-state index contributed by atoms with van der Waals surface area (Å²) in [6, 6.07) is 21.3. The third-order valence-corrected chi connectivity index (χ3v) is 5.62. The van der Waals surface area contributed by atoms with E-state index in [2.05, 4.69) is 0 Å². The van der Waals surface area contributed by atoms with Gasteiger partial charge in [0, 0.05) is 6.42 Å². The van der Waals surface area contributed by atoms with Gasteiger partial charge in [0.15, 0.2) is 0 Å². The molecule has 0 aromatic heterocycles. The van der Waals surface area contributed by atoms with Crippen LogP contribution in [0.4, 0.5) is 5.69 Å². The number of hydrogen-bond donors (Lipinski definition) is 2. The summed E-state index contributed by atoms with van der Waals surface area (Å²) in [5.41, 5.74) is 8.17. The second kappa shape index (κ2) is 9.34. The number of hydrogen-bond acceptors (Lipinski definition) is 5. The molecule has 1 atom stereocenters. The number of nitrogens with zero attached hydrogens (tertiary/aromatic N) is 1. The lowest BCUT2D eigenvalue weighted by molar-refractivity contribution is -0.167. The molecule has 1 unspecified atom stereocenters. The van der Waals surface area contributed by atoms with Crippen LogP contribution in [0, 0.1) is 0 Å². The van der Waals surface area contributed by atoms with Gasteiger partial charge in [-0.2, -0.15) is 0 Å². The Labute approximate surface area is 192 Å². The fourth-order valence-corrected chi connectivity index (χ4v) is 3.89. The summed E-state index contributed by atoms with van der Waals surface area (Å²) in [6.45, 7) is 2.56. The van der Waals surface area contributed by atoms with Crippen molar-refractivity contribution in [1.29, 1.82) is 0 Å². The average molecular weight is 447 g/mol. The van der Waals surface area contributed by atoms with E-state index in [1.165, 1.54) is 6.07 Å². The second-order valence-electron chi connectivity index (χ2n) is 7.86. The zero-order chi connectivity index (χ0) is 23.4. The Balaban J connectivity index is 1.69. The van der Waals surface area contributed by atoms with Crippen LogP contribution < -0.4 is 20.1 Å². The molecular formula is C26H26N2O5. The molecule has 1 aliphatic heterocycles. The van der Waals surface area contributed by atoms with Crippen molar-refractivity contribution < 1.29 is 24.2 Å². The van der Waals surface area contributed by atoms with Gasteiger partial charge in [-0.3, -0.25) is 9.69 Å². The van der Waals surface area contributed by atoms with Gasteiger partial charge in [-0.25, -0.2) is 4.79 Å². The van der Waals surface area contributed by atoms with E-state index >= 15 is 0 Å². The Hall–Kier alpha value is -3.84. The van der Waals surface area contributed by atoms with E-state index in [1.807, 2.05) is 31.2 Å². The maximum atomic E-state index is 13.8. The lowest BCUT2D eigenvalue weighted by Crippen LogP contribution is -2.59. The molecule has 0 spiro atoms. The number of aromatic carboxylic acids is 1. The van der Waals surface area contributed by atoms with Crippen LogP contribution in [0.25, 0.3) is 0 Å². The van der Waals surface area contributed by atoms with Crippen molar-refractivity contribution in [3.05, 3.63) is 89.5 Å². The molecular weight excluding hydrogens is 420 g/mol. The summed E-state index contributed by atoms with van der Waals surface area (Å²) < 4.78 is 12.4. The number of carbonyl (C=O) groups excluding carboxylic acids is 1. The summed E-state index contributed by atoms with van der Waals surface area (Å²) in [7, 11) is 0. The zero-order valence-electron chi connectivity index (χ0n) is 18.4. The van der Waals surface area contributed by atoms with E-state index in [9.17, 15) is 14.7 Å². The summed E-state index contributed by atoms with van der Waals surface area (Å²) in [4.78, 5) is 26.8. The Morgan fingerprint density at radius 2 is 1.82 bits per heavy atom. The molecule has 1 amide bonds. The van der Waals surface area contributed by atoms with Crippen molar-refractivity contribution in [3.63, 3.8) is 0 Å². The lowest BCUT2D eigenvalue weighted by atomic mass is 10.0. The molecule has 7 nitrogen and oxygen atoms in total. The molecule has 1 heterocycles. The highest BCUT2D eigenvalue weighted by Gasteiger charge is 2.49. The number of anilines is 1. The number of amides is 1. The van der Waals surface area contributed by atoms with Gasteiger partial charge >= 0.3 is 17.7 Å². The van der Waals surface area contributed by atoms with Gasteiger partial charge in [0.2, 0.25) is 0 Å². The molecule has 3 aromatic carbocycles.